The smallest absolute Gasteiger partial charge is 0.245 e. The van der Waals surface area contributed by atoms with E-state index in [0.29, 0.717) is 24.9 Å². The molecule has 1 heterocycles. The molecular weight excluding hydrogens is 678 g/mol. The molecule has 13 heteroatoms. The Balaban J connectivity index is 2.32. The molecule has 0 saturated carbocycles. The summed E-state index contributed by atoms with van der Waals surface area (Å²) in [5, 5.41) is 8.86. The minimum atomic E-state index is -0.784. The fourth-order valence-electron chi connectivity index (χ4n) is 7.46. The van der Waals surface area contributed by atoms with E-state index in [0.717, 1.165) is 0 Å². The lowest BCUT2D eigenvalue weighted by atomic mass is 9.89. The van der Waals surface area contributed by atoms with Crippen LogP contribution in [0.1, 0.15) is 85.0 Å². The molecule has 0 aromatic heterocycles. The van der Waals surface area contributed by atoms with Gasteiger partial charge >= 0.3 is 0 Å². The first-order valence-electron chi connectivity index (χ1n) is 19.0. The highest BCUT2D eigenvalue weighted by atomic mass is 16.5. The van der Waals surface area contributed by atoms with Gasteiger partial charge in [0, 0.05) is 40.5 Å². The van der Waals surface area contributed by atoms with Crippen LogP contribution in [0, 0.1) is 23.7 Å². The molecule has 0 aliphatic carbocycles. The lowest BCUT2D eigenvalue weighted by molar-refractivity contribution is -0.148. The molecule has 0 bridgehead atoms. The van der Waals surface area contributed by atoms with Crippen LogP contribution in [-0.4, -0.2) is 130 Å². The summed E-state index contributed by atoms with van der Waals surface area (Å²) in [5.74, 6) is -2.24. The Hall–Kier alpha value is -3.39. The number of hydrogen-bond acceptors (Lipinski definition) is 9. The maximum atomic E-state index is 14.3. The molecule has 300 valence electrons. The molecular formula is C40H67N5O8. The third-order valence-corrected chi connectivity index (χ3v) is 10.9. The summed E-state index contributed by atoms with van der Waals surface area (Å²) in [6.07, 6.45) is -0.536. The van der Waals surface area contributed by atoms with Gasteiger partial charge in [0.2, 0.25) is 23.6 Å². The number of carbonyl (C=O) groups excluding carboxylic acids is 5. The van der Waals surface area contributed by atoms with Crippen LogP contribution in [0.3, 0.4) is 0 Å². The van der Waals surface area contributed by atoms with Crippen molar-refractivity contribution in [2.45, 2.75) is 123 Å². The maximum Gasteiger partial charge on any atom is 0.245 e. The minimum Gasteiger partial charge on any atom is -0.380 e. The predicted molar refractivity (Wildman–Crippen MR) is 205 cm³/mol. The zero-order chi connectivity index (χ0) is 40.2. The van der Waals surface area contributed by atoms with E-state index in [1.807, 2.05) is 47.6 Å². The number of ether oxygens (including phenoxy) is 3. The van der Waals surface area contributed by atoms with Gasteiger partial charge in [-0.3, -0.25) is 24.0 Å². The molecule has 4 amide bonds. The first-order chi connectivity index (χ1) is 25.0. The van der Waals surface area contributed by atoms with Gasteiger partial charge in [-0.25, -0.2) is 0 Å². The number of amides is 4. The predicted octanol–water partition coefficient (Wildman–Crippen LogP) is 3.30. The van der Waals surface area contributed by atoms with Gasteiger partial charge in [0.25, 0.3) is 0 Å². The van der Waals surface area contributed by atoms with Gasteiger partial charge < -0.3 is 40.0 Å². The third kappa shape index (κ3) is 11.8. The van der Waals surface area contributed by atoms with E-state index < -0.39 is 48.3 Å². The normalized spacial score (nSPS) is 20.5. The molecule has 10 atom stereocenters. The number of nitrogens with zero attached hydrogens (tertiary/aromatic N) is 2. The summed E-state index contributed by atoms with van der Waals surface area (Å²) in [5.41, 5.74) is 0.500. The Labute approximate surface area is 317 Å². The highest BCUT2D eigenvalue weighted by molar-refractivity contribution is 6.01. The zero-order valence-electron chi connectivity index (χ0n) is 34.3. The van der Waals surface area contributed by atoms with E-state index in [9.17, 15) is 24.0 Å². The second-order valence-corrected chi connectivity index (χ2v) is 15.2. The quantitative estimate of drug-likeness (QED) is 0.161. The molecule has 53 heavy (non-hydrogen) atoms. The average molecular weight is 746 g/mol. The minimum absolute atomic E-state index is 0.0204. The molecule has 3 N–H and O–H groups in total. The summed E-state index contributed by atoms with van der Waals surface area (Å²) in [7, 11) is 8.07. The Morgan fingerprint density at radius 2 is 1.47 bits per heavy atom. The number of carbonyl (C=O) groups is 5. The Kier molecular flexibility index (Phi) is 18.6. The van der Waals surface area contributed by atoms with Crippen molar-refractivity contribution in [2.24, 2.45) is 23.7 Å². The lowest BCUT2D eigenvalue weighted by Crippen LogP contribution is -2.59. The van der Waals surface area contributed by atoms with Crippen molar-refractivity contribution in [3.05, 3.63) is 35.9 Å². The van der Waals surface area contributed by atoms with Gasteiger partial charge in [-0.05, 0) is 38.1 Å². The standard InChI is InChI=1S/C40H67N5O8/c1-14-25(6)35(44(10)40(50)34(24(4)5)43-39(49)33(41-9)23(2)3)31(52-12)21-32(46)45-22-29(51-11)20-30(45)37(53-13)26(7)38(48)42-27(8)36(47)28-18-16-15-17-19-28/h15-19,23-27,29-31,33-35,37,41H,14,20-22H2,1-13H3,(H,42,48)(H,43,49)/t25?,26-,27-,29-,30-,31-,33+,34?,35+,37-/m1/s1. The summed E-state index contributed by atoms with van der Waals surface area (Å²) >= 11 is 0. The van der Waals surface area contributed by atoms with Crippen LogP contribution in [-0.2, 0) is 33.4 Å². The topological polar surface area (TPSA) is 156 Å². The summed E-state index contributed by atoms with van der Waals surface area (Å²) < 4.78 is 17.6. The molecule has 1 aromatic rings. The molecule has 1 aliphatic rings. The zero-order valence-corrected chi connectivity index (χ0v) is 34.3. The molecule has 0 spiro atoms. The number of hydrogen-bond donors (Lipinski definition) is 3. The van der Waals surface area contributed by atoms with Crippen molar-refractivity contribution < 1.29 is 38.2 Å². The van der Waals surface area contributed by atoms with E-state index >= 15 is 0 Å². The first-order valence-corrected chi connectivity index (χ1v) is 19.0. The third-order valence-electron chi connectivity index (χ3n) is 10.9. The van der Waals surface area contributed by atoms with Crippen molar-refractivity contribution in [2.75, 3.05) is 42.0 Å². The molecule has 2 rings (SSSR count). The van der Waals surface area contributed by atoms with Gasteiger partial charge in [-0.2, -0.15) is 0 Å². The van der Waals surface area contributed by atoms with Crippen molar-refractivity contribution in [3.8, 4) is 0 Å². The number of benzene rings is 1. The highest BCUT2D eigenvalue weighted by Crippen LogP contribution is 2.31. The fraction of sp³-hybridized carbons (Fsp3) is 0.725. The van der Waals surface area contributed by atoms with E-state index in [4.69, 9.17) is 14.2 Å². The fourth-order valence-corrected chi connectivity index (χ4v) is 7.46. The van der Waals surface area contributed by atoms with Crippen LogP contribution in [0.15, 0.2) is 30.3 Å². The summed E-state index contributed by atoms with van der Waals surface area (Å²) in [4.78, 5) is 71.5. The highest BCUT2D eigenvalue weighted by Gasteiger charge is 2.46. The summed E-state index contributed by atoms with van der Waals surface area (Å²) in [6.45, 7) is 15.4. The second kappa shape index (κ2) is 21.5. The van der Waals surface area contributed by atoms with Crippen LogP contribution in [0.2, 0.25) is 0 Å². The number of likely N-dealkylation sites (tertiary alicyclic amines) is 1. The van der Waals surface area contributed by atoms with Crippen molar-refractivity contribution in [3.63, 3.8) is 0 Å². The maximum absolute atomic E-state index is 14.3. The average Bonchev–Trinajstić information content (AvgIpc) is 3.57. The molecule has 1 aliphatic heterocycles. The lowest BCUT2D eigenvalue weighted by Gasteiger charge is -2.41. The van der Waals surface area contributed by atoms with E-state index in [1.165, 1.54) is 14.2 Å². The molecule has 1 aromatic carbocycles. The number of Topliss-reactive ketones (excluding diaryl/α,β-unsaturated/α-hetero) is 1. The Morgan fingerprint density at radius 3 is 1.96 bits per heavy atom. The molecule has 0 radical (unpaired) electrons. The molecule has 13 nitrogen and oxygen atoms in total. The van der Waals surface area contributed by atoms with Crippen LogP contribution in [0.5, 0.6) is 0 Å². The van der Waals surface area contributed by atoms with Crippen LogP contribution in [0.4, 0.5) is 0 Å². The van der Waals surface area contributed by atoms with Gasteiger partial charge in [0.05, 0.1) is 54.8 Å². The SMILES string of the molecule is CCC(C)[C@@H]([C@@H](CC(=O)N1C[C@H](OC)C[C@@H]1[C@H](OC)[C@@H](C)C(=O)N[C@H](C)C(=O)c1ccccc1)OC)N(C)C(=O)C(NC(=O)[C@@H](NC)C(C)C)C(C)C. The molecule has 2 unspecified atom stereocenters. The monoisotopic (exact) mass is 745 g/mol. The summed E-state index contributed by atoms with van der Waals surface area (Å²) in [6, 6.07) is 5.78. The van der Waals surface area contributed by atoms with Crippen molar-refractivity contribution in [1.82, 2.24) is 25.8 Å². The van der Waals surface area contributed by atoms with Crippen LogP contribution >= 0.6 is 0 Å². The van der Waals surface area contributed by atoms with Gasteiger partial charge in [-0.1, -0.05) is 85.2 Å². The number of methoxy groups -OCH3 is 3. The van der Waals surface area contributed by atoms with Crippen molar-refractivity contribution >= 4 is 29.4 Å². The molecule has 1 fully saturated rings. The van der Waals surface area contributed by atoms with E-state index in [2.05, 4.69) is 16.0 Å². The number of rotatable bonds is 21. The van der Waals surface area contributed by atoms with E-state index in [-0.39, 0.29) is 59.7 Å². The van der Waals surface area contributed by atoms with Gasteiger partial charge in [0.15, 0.2) is 5.78 Å². The largest absolute Gasteiger partial charge is 0.380 e. The van der Waals surface area contributed by atoms with Crippen LogP contribution < -0.4 is 16.0 Å². The Bertz CT molecular complexity index is 1340. The van der Waals surface area contributed by atoms with Gasteiger partial charge in [0.1, 0.15) is 6.04 Å². The van der Waals surface area contributed by atoms with Crippen LogP contribution in [0.25, 0.3) is 0 Å². The number of ketones is 1. The first kappa shape index (κ1) is 45.8. The Morgan fingerprint density at radius 1 is 0.868 bits per heavy atom. The number of likely N-dealkylation sites (N-methyl/N-ethyl adjacent to an activating group) is 2. The van der Waals surface area contributed by atoms with E-state index in [1.54, 1.807) is 69.1 Å². The molecule has 1 saturated heterocycles. The van der Waals surface area contributed by atoms with Crippen molar-refractivity contribution in [1.29, 1.82) is 0 Å². The number of nitrogens with one attached hydrogen (secondary N) is 3. The van der Waals surface area contributed by atoms with Gasteiger partial charge in [-0.15, -0.1) is 0 Å². The second-order valence-electron chi connectivity index (χ2n) is 15.2.